The number of nitrogens with zero attached hydrogens (tertiary/aromatic N) is 1. The second-order valence-corrected chi connectivity index (χ2v) is 6.73. The van der Waals surface area contributed by atoms with Crippen LogP contribution >= 0.6 is 0 Å². The van der Waals surface area contributed by atoms with Crippen LogP contribution in [0.3, 0.4) is 0 Å². The molecule has 0 fully saturated rings. The summed E-state index contributed by atoms with van der Waals surface area (Å²) in [6, 6.07) is 25.1. The number of carbonyl (C=O) groups excluding carboxylic acids is 2. The van der Waals surface area contributed by atoms with Crippen LogP contribution in [-0.2, 0) is 9.59 Å². The standard InChI is InChI=1S/C25H21N3O3/c1-18-11-13-22(14-12-18)27-24(29)17-31-23-10-6-5-7-19(23)15-20(16-26)25(30)28-21-8-3-2-4-9-21/h2-15H,17H2,1H3,(H,27,29)(H,28,30)/b20-15+. The Labute approximate surface area is 180 Å². The third-order valence-electron chi connectivity index (χ3n) is 4.31. The van der Waals surface area contributed by atoms with Gasteiger partial charge >= 0.3 is 0 Å². The van der Waals surface area contributed by atoms with Crippen molar-refractivity contribution in [1.29, 1.82) is 5.26 Å². The highest BCUT2D eigenvalue weighted by atomic mass is 16.5. The van der Waals surface area contributed by atoms with E-state index in [1.807, 2.05) is 43.3 Å². The predicted molar refractivity (Wildman–Crippen MR) is 120 cm³/mol. The van der Waals surface area contributed by atoms with E-state index < -0.39 is 5.91 Å². The van der Waals surface area contributed by atoms with E-state index in [2.05, 4.69) is 10.6 Å². The van der Waals surface area contributed by atoms with Gasteiger partial charge in [-0.3, -0.25) is 9.59 Å². The molecule has 0 aromatic heterocycles. The van der Waals surface area contributed by atoms with Crippen LogP contribution in [0.25, 0.3) is 6.08 Å². The van der Waals surface area contributed by atoms with Crippen LogP contribution in [0.15, 0.2) is 84.4 Å². The van der Waals surface area contributed by atoms with Crippen molar-refractivity contribution >= 4 is 29.3 Å². The fourth-order valence-corrected chi connectivity index (χ4v) is 2.73. The number of hydrogen-bond acceptors (Lipinski definition) is 4. The maximum absolute atomic E-state index is 12.4. The summed E-state index contributed by atoms with van der Waals surface area (Å²) < 4.78 is 5.64. The molecule has 3 rings (SSSR count). The predicted octanol–water partition coefficient (Wildman–Crippen LogP) is 4.56. The van der Waals surface area contributed by atoms with Crippen molar-refractivity contribution < 1.29 is 14.3 Å². The first-order valence-corrected chi connectivity index (χ1v) is 9.61. The Hall–Kier alpha value is -4.37. The van der Waals surface area contributed by atoms with Crippen LogP contribution in [-0.4, -0.2) is 18.4 Å². The Morgan fingerprint density at radius 3 is 2.26 bits per heavy atom. The summed E-state index contributed by atoms with van der Waals surface area (Å²) in [6.07, 6.45) is 1.44. The lowest BCUT2D eigenvalue weighted by Gasteiger charge is -2.10. The fourth-order valence-electron chi connectivity index (χ4n) is 2.73. The van der Waals surface area contributed by atoms with Crippen molar-refractivity contribution in [2.45, 2.75) is 6.92 Å². The van der Waals surface area contributed by atoms with E-state index in [0.29, 0.717) is 22.7 Å². The van der Waals surface area contributed by atoms with Crippen molar-refractivity contribution in [3.63, 3.8) is 0 Å². The van der Waals surface area contributed by atoms with E-state index in [1.54, 1.807) is 48.5 Å². The molecule has 0 aliphatic heterocycles. The topological polar surface area (TPSA) is 91.2 Å². The van der Waals surface area contributed by atoms with E-state index >= 15 is 0 Å². The first-order chi connectivity index (χ1) is 15.0. The van der Waals surface area contributed by atoms with Gasteiger partial charge in [0.2, 0.25) is 0 Å². The molecule has 0 aliphatic rings. The van der Waals surface area contributed by atoms with Crippen LogP contribution in [0, 0.1) is 18.3 Å². The molecule has 154 valence electrons. The van der Waals surface area contributed by atoms with E-state index in [0.717, 1.165) is 5.56 Å². The maximum atomic E-state index is 12.4. The molecule has 0 bridgehead atoms. The molecule has 31 heavy (non-hydrogen) atoms. The molecule has 0 heterocycles. The zero-order valence-electron chi connectivity index (χ0n) is 17.0. The molecule has 6 heteroatoms. The van der Waals surface area contributed by atoms with Gasteiger partial charge in [-0.05, 0) is 43.3 Å². The van der Waals surface area contributed by atoms with Crippen LogP contribution in [0.2, 0.25) is 0 Å². The van der Waals surface area contributed by atoms with Gasteiger partial charge in [0.25, 0.3) is 11.8 Å². The number of carbonyl (C=O) groups is 2. The highest BCUT2D eigenvalue weighted by Gasteiger charge is 2.12. The molecule has 0 aliphatic carbocycles. The number of rotatable bonds is 7. The van der Waals surface area contributed by atoms with Crippen molar-refractivity contribution in [3.8, 4) is 11.8 Å². The van der Waals surface area contributed by atoms with Gasteiger partial charge in [-0.2, -0.15) is 5.26 Å². The molecule has 0 radical (unpaired) electrons. The number of benzene rings is 3. The van der Waals surface area contributed by atoms with E-state index in [9.17, 15) is 14.9 Å². The molecule has 2 amide bonds. The summed E-state index contributed by atoms with van der Waals surface area (Å²) >= 11 is 0. The summed E-state index contributed by atoms with van der Waals surface area (Å²) in [5, 5.41) is 14.9. The molecule has 0 atom stereocenters. The average molecular weight is 411 g/mol. The highest BCUT2D eigenvalue weighted by Crippen LogP contribution is 2.22. The minimum Gasteiger partial charge on any atom is -0.483 e. The monoisotopic (exact) mass is 411 g/mol. The lowest BCUT2D eigenvalue weighted by molar-refractivity contribution is -0.118. The van der Waals surface area contributed by atoms with E-state index in [4.69, 9.17) is 4.74 Å². The Morgan fingerprint density at radius 1 is 0.903 bits per heavy atom. The van der Waals surface area contributed by atoms with E-state index in [1.165, 1.54) is 6.08 Å². The number of aryl methyl sites for hydroxylation is 1. The Bertz CT molecular complexity index is 1130. The first kappa shape index (κ1) is 21.3. The molecular formula is C25H21N3O3. The van der Waals surface area contributed by atoms with Gasteiger partial charge in [0, 0.05) is 16.9 Å². The quantitative estimate of drug-likeness (QED) is 0.440. The zero-order chi connectivity index (χ0) is 22.1. The largest absolute Gasteiger partial charge is 0.483 e. The number of anilines is 2. The maximum Gasteiger partial charge on any atom is 0.266 e. The second kappa shape index (κ2) is 10.4. The zero-order valence-corrected chi connectivity index (χ0v) is 17.0. The molecule has 6 nitrogen and oxygen atoms in total. The van der Waals surface area contributed by atoms with Crippen molar-refractivity contribution in [2.75, 3.05) is 17.2 Å². The van der Waals surface area contributed by atoms with Crippen LogP contribution in [0.1, 0.15) is 11.1 Å². The number of para-hydroxylation sites is 2. The van der Waals surface area contributed by atoms with Gasteiger partial charge in [0.05, 0.1) is 0 Å². The molecule has 2 N–H and O–H groups in total. The summed E-state index contributed by atoms with van der Waals surface area (Å²) in [6.45, 7) is 1.76. The average Bonchev–Trinajstić information content (AvgIpc) is 2.79. The van der Waals surface area contributed by atoms with Crippen LogP contribution in [0.4, 0.5) is 11.4 Å². The summed E-state index contributed by atoms with van der Waals surface area (Å²) in [4.78, 5) is 24.6. The van der Waals surface area contributed by atoms with Gasteiger partial charge in [-0.15, -0.1) is 0 Å². The fraction of sp³-hybridized carbons (Fsp3) is 0.0800. The Kier molecular flexibility index (Phi) is 7.17. The van der Waals surface area contributed by atoms with Gasteiger partial charge in [0.1, 0.15) is 17.4 Å². The lowest BCUT2D eigenvalue weighted by Crippen LogP contribution is -2.20. The molecule has 0 unspecified atom stereocenters. The summed E-state index contributed by atoms with van der Waals surface area (Å²) in [5.41, 5.74) is 2.80. The Morgan fingerprint density at radius 2 is 1.55 bits per heavy atom. The normalized spacial score (nSPS) is 10.6. The molecule has 0 spiro atoms. The van der Waals surface area contributed by atoms with E-state index in [-0.39, 0.29) is 18.1 Å². The van der Waals surface area contributed by atoms with Gasteiger partial charge in [0.15, 0.2) is 6.61 Å². The van der Waals surface area contributed by atoms with Gasteiger partial charge in [-0.25, -0.2) is 0 Å². The number of ether oxygens (including phenoxy) is 1. The van der Waals surface area contributed by atoms with Crippen LogP contribution in [0.5, 0.6) is 5.75 Å². The smallest absolute Gasteiger partial charge is 0.266 e. The van der Waals surface area contributed by atoms with Crippen molar-refractivity contribution in [1.82, 2.24) is 0 Å². The highest BCUT2D eigenvalue weighted by molar-refractivity contribution is 6.09. The molecule has 3 aromatic rings. The Balaban J connectivity index is 1.68. The molecule has 0 saturated heterocycles. The van der Waals surface area contributed by atoms with Crippen molar-refractivity contribution in [2.24, 2.45) is 0 Å². The van der Waals surface area contributed by atoms with Crippen molar-refractivity contribution in [3.05, 3.63) is 95.6 Å². The number of nitriles is 1. The SMILES string of the molecule is Cc1ccc(NC(=O)COc2ccccc2/C=C(\C#N)C(=O)Nc2ccccc2)cc1. The molecule has 0 saturated carbocycles. The first-order valence-electron chi connectivity index (χ1n) is 9.61. The van der Waals surface area contributed by atoms with Gasteiger partial charge in [-0.1, -0.05) is 54.1 Å². The lowest BCUT2D eigenvalue weighted by atomic mass is 10.1. The molecule has 3 aromatic carbocycles. The minimum absolute atomic E-state index is 0.0796. The summed E-state index contributed by atoms with van der Waals surface area (Å²) in [5.74, 6) is -0.451. The summed E-state index contributed by atoms with van der Waals surface area (Å²) in [7, 11) is 0. The van der Waals surface area contributed by atoms with Crippen LogP contribution < -0.4 is 15.4 Å². The number of hydrogen-bond donors (Lipinski definition) is 2. The number of amides is 2. The van der Waals surface area contributed by atoms with Gasteiger partial charge < -0.3 is 15.4 Å². The third-order valence-corrected chi connectivity index (χ3v) is 4.31. The third kappa shape index (κ3) is 6.31. The molecular weight excluding hydrogens is 390 g/mol. The second-order valence-electron chi connectivity index (χ2n) is 6.73. The minimum atomic E-state index is -0.527. The number of nitrogens with one attached hydrogen (secondary N) is 2.